The van der Waals surface area contributed by atoms with Gasteiger partial charge in [0, 0.05) is 0 Å². The molecular formula is C11H16O. The summed E-state index contributed by atoms with van der Waals surface area (Å²) in [5, 5.41) is 9.28. The normalized spacial score (nSPS) is 28.9. The van der Waals surface area contributed by atoms with Gasteiger partial charge in [0.25, 0.3) is 0 Å². The maximum atomic E-state index is 9.28. The van der Waals surface area contributed by atoms with Crippen LogP contribution in [0.1, 0.15) is 38.5 Å². The first kappa shape index (κ1) is 8.06. The van der Waals surface area contributed by atoms with Gasteiger partial charge in [0.2, 0.25) is 0 Å². The van der Waals surface area contributed by atoms with Crippen LogP contribution >= 0.6 is 0 Å². The van der Waals surface area contributed by atoms with Crippen LogP contribution in [0.5, 0.6) is 0 Å². The van der Waals surface area contributed by atoms with Crippen LogP contribution in [0.4, 0.5) is 0 Å². The quantitative estimate of drug-likeness (QED) is 0.622. The molecule has 0 aromatic rings. The van der Waals surface area contributed by atoms with Crippen molar-refractivity contribution in [2.45, 2.75) is 44.6 Å². The van der Waals surface area contributed by atoms with E-state index < -0.39 is 0 Å². The van der Waals surface area contributed by atoms with Crippen molar-refractivity contribution in [3.05, 3.63) is 23.3 Å². The highest BCUT2D eigenvalue weighted by molar-refractivity contribution is 5.22. The first-order valence-electron chi connectivity index (χ1n) is 4.90. The molecule has 0 aromatic heterocycles. The standard InChI is InChI=1S/C11H16O/c12-11-6-5-10(8-11)7-9-3-1-2-4-9/h3,8,11-12H,1-2,4-7H2. The van der Waals surface area contributed by atoms with Crippen LogP contribution in [0.3, 0.4) is 0 Å². The van der Waals surface area contributed by atoms with Crippen LogP contribution in [0, 0.1) is 0 Å². The number of allylic oxidation sites excluding steroid dienone is 3. The van der Waals surface area contributed by atoms with Crippen LogP contribution in [0.25, 0.3) is 0 Å². The highest BCUT2D eigenvalue weighted by Crippen LogP contribution is 2.29. The lowest BCUT2D eigenvalue weighted by Crippen LogP contribution is -1.93. The van der Waals surface area contributed by atoms with E-state index in [4.69, 9.17) is 0 Å². The molecule has 0 bridgehead atoms. The summed E-state index contributed by atoms with van der Waals surface area (Å²) in [7, 11) is 0. The first-order chi connectivity index (χ1) is 5.84. The zero-order valence-corrected chi connectivity index (χ0v) is 7.42. The highest BCUT2D eigenvalue weighted by atomic mass is 16.3. The van der Waals surface area contributed by atoms with Crippen molar-refractivity contribution in [1.82, 2.24) is 0 Å². The molecule has 0 heterocycles. The summed E-state index contributed by atoms with van der Waals surface area (Å²) in [5.74, 6) is 0. The monoisotopic (exact) mass is 164 g/mol. The van der Waals surface area contributed by atoms with Crippen LogP contribution < -0.4 is 0 Å². The molecule has 1 N–H and O–H groups in total. The molecule has 1 atom stereocenters. The SMILES string of the molecule is OC1C=C(CC2=CCCC2)CC1. The molecule has 0 amide bonds. The van der Waals surface area contributed by atoms with Gasteiger partial charge in [-0.25, -0.2) is 0 Å². The van der Waals surface area contributed by atoms with Crippen molar-refractivity contribution >= 4 is 0 Å². The minimum absolute atomic E-state index is 0.151. The van der Waals surface area contributed by atoms with Gasteiger partial charge in [0.15, 0.2) is 0 Å². The largest absolute Gasteiger partial charge is 0.389 e. The minimum Gasteiger partial charge on any atom is -0.389 e. The van der Waals surface area contributed by atoms with E-state index in [1.807, 2.05) is 6.08 Å². The molecule has 66 valence electrons. The molecule has 2 aliphatic rings. The molecule has 0 spiro atoms. The Hall–Kier alpha value is -0.560. The van der Waals surface area contributed by atoms with Crippen LogP contribution in [-0.4, -0.2) is 11.2 Å². The Balaban J connectivity index is 1.90. The fraction of sp³-hybridized carbons (Fsp3) is 0.636. The Morgan fingerprint density at radius 2 is 2.25 bits per heavy atom. The molecule has 0 saturated heterocycles. The van der Waals surface area contributed by atoms with Crippen molar-refractivity contribution in [3.63, 3.8) is 0 Å². The van der Waals surface area contributed by atoms with Gasteiger partial charge in [0.05, 0.1) is 6.10 Å². The maximum Gasteiger partial charge on any atom is 0.0726 e. The Kier molecular flexibility index (Phi) is 2.31. The average molecular weight is 164 g/mol. The van der Waals surface area contributed by atoms with Gasteiger partial charge in [0.1, 0.15) is 0 Å². The van der Waals surface area contributed by atoms with E-state index >= 15 is 0 Å². The lowest BCUT2D eigenvalue weighted by molar-refractivity contribution is 0.223. The van der Waals surface area contributed by atoms with Crippen molar-refractivity contribution < 1.29 is 5.11 Å². The lowest BCUT2D eigenvalue weighted by atomic mass is 10.0. The van der Waals surface area contributed by atoms with Gasteiger partial charge in [-0.1, -0.05) is 23.3 Å². The molecule has 2 aliphatic carbocycles. The van der Waals surface area contributed by atoms with Crippen LogP contribution in [0.15, 0.2) is 23.3 Å². The Bertz CT molecular complexity index is 225. The summed E-state index contributed by atoms with van der Waals surface area (Å²) >= 11 is 0. The molecular weight excluding hydrogens is 148 g/mol. The van der Waals surface area contributed by atoms with E-state index in [0.29, 0.717) is 0 Å². The second-order valence-electron chi connectivity index (χ2n) is 3.86. The third-order valence-corrected chi connectivity index (χ3v) is 2.78. The molecule has 0 fully saturated rings. The van der Waals surface area contributed by atoms with Crippen LogP contribution in [0.2, 0.25) is 0 Å². The summed E-state index contributed by atoms with van der Waals surface area (Å²) in [5.41, 5.74) is 3.05. The Morgan fingerprint density at radius 1 is 1.33 bits per heavy atom. The number of hydrogen-bond donors (Lipinski definition) is 1. The third-order valence-electron chi connectivity index (χ3n) is 2.78. The summed E-state index contributed by atoms with van der Waals surface area (Å²) < 4.78 is 0. The number of hydrogen-bond acceptors (Lipinski definition) is 1. The van der Waals surface area contributed by atoms with E-state index in [-0.39, 0.29) is 6.10 Å². The summed E-state index contributed by atoms with van der Waals surface area (Å²) in [6, 6.07) is 0. The van der Waals surface area contributed by atoms with E-state index in [1.165, 1.54) is 24.8 Å². The minimum atomic E-state index is -0.151. The van der Waals surface area contributed by atoms with E-state index in [9.17, 15) is 5.11 Å². The fourth-order valence-corrected chi connectivity index (χ4v) is 2.11. The van der Waals surface area contributed by atoms with Crippen molar-refractivity contribution in [3.8, 4) is 0 Å². The fourth-order valence-electron chi connectivity index (χ4n) is 2.11. The van der Waals surface area contributed by atoms with Gasteiger partial charge in [-0.05, 0) is 38.5 Å². The predicted molar refractivity (Wildman–Crippen MR) is 49.9 cm³/mol. The van der Waals surface area contributed by atoms with E-state index in [0.717, 1.165) is 19.3 Å². The van der Waals surface area contributed by atoms with E-state index in [2.05, 4.69) is 6.08 Å². The summed E-state index contributed by atoms with van der Waals surface area (Å²) in [6.45, 7) is 0. The number of aliphatic hydroxyl groups is 1. The first-order valence-corrected chi connectivity index (χ1v) is 4.90. The third kappa shape index (κ3) is 1.78. The molecule has 1 nitrogen and oxygen atoms in total. The molecule has 2 rings (SSSR count). The lowest BCUT2D eigenvalue weighted by Gasteiger charge is -2.01. The Morgan fingerprint density at radius 3 is 2.83 bits per heavy atom. The van der Waals surface area contributed by atoms with Gasteiger partial charge in [-0.3, -0.25) is 0 Å². The van der Waals surface area contributed by atoms with Crippen LogP contribution in [-0.2, 0) is 0 Å². The number of aliphatic hydroxyl groups excluding tert-OH is 1. The molecule has 0 saturated carbocycles. The van der Waals surface area contributed by atoms with Gasteiger partial charge >= 0.3 is 0 Å². The topological polar surface area (TPSA) is 20.2 Å². The predicted octanol–water partition coefficient (Wildman–Crippen LogP) is 2.57. The zero-order chi connectivity index (χ0) is 8.39. The van der Waals surface area contributed by atoms with Crippen molar-refractivity contribution in [1.29, 1.82) is 0 Å². The molecule has 1 unspecified atom stereocenters. The van der Waals surface area contributed by atoms with Gasteiger partial charge < -0.3 is 5.11 Å². The number of rotatable bonds is 2. The summed E-state index contributed by atoms with van der Waals surface area (Å²) in [4.78, 5) is 0. The van der Waals surface area contributed by atoms with E-state index in [1.54, 1.807) is 5.57 Å². The molecule has 1 heteroatoms. The zero-order valence-electron chi connectivity index (χ0n) is 7.42. The average Bonchev–Trinajstić information content (AvgIpc) is 2.63. The van der Waals surface area contributed by atoms with Crippen molar-refractivity contribution in [2.75, 3.05) is 0 Å². The highest BCUT2D eigenvalue weighted by Gasteiger charge is 2.14. The molecule has 0 aromatic carbocycles. The summed E-state index contributed by atoms with van der Waals surface area (Å²) in [6.07, 6.45) is 11.3. The van der Waals surface area contributed by atoms with Gasteiger partial charge in [-0.15, -0.1) is 0 Å². The second kappa shape index (κ2) is 3.44. The second-order valence-corrected chi connectivity index (χ2v) is 3.86. The molecule has 12 heavy (non-hydrogen) atoms. The molecule has 0 aliphatic heterocycles. The maximum absolute atomic E-state index is 9.28. The smallest absolute Gasteiger partial charge is 0.0726 e. The van der Waals surface area contributed by atoms with Gasteiger partial charge in [-0.2, -0.15) is 0 Å². The molecule has 0 radical (unpaired) electrons. The Labute approximate surface area is 73.8 Å². The van der Waals surface area contributed by atoms with Crippen molar-refractivity contribution in [2.24, 2.45) is 0 Å².